The standard InChI is InChI=1S/C14H14BrN5O3/c15-11-7-16-4-1-10(11)13(21)19-5-2-9(3-6-19)20-8-12(14(22)23)17-18-20/h1,4,7-9H,2-3,5-6H2,(H,22,23). The Morgan fingerprint density at radius 2 is 2.04 bits per heavy atom. The van der Waals surface area contributed by atoms with Gasteiger partial charge in [-0.15, -0.1) is 5.10 Å². The minimum atomic E-state index is -1.09. The summed E-state index contributed by atoms with van der Waals surface area (Å²) in [6.45, 7) is 1.17. The van der Waals surface area contributed by atoms with E-state index in [-0.39, 0.29) is 17.6 Å². The molecule has 2 aromatic rings. The lowest BCUT2D eigenvalue weighted by atomic mass is 10.0. The maximum Gasteiger partial charge on any atom is 0.358 e. The van der Waals surface area contributed by atoms with Crippen LogP contribution in [0.1, 0.15) is 39.7 Å². The molecule has 8 nitrogen and oxygen atoms in total. The van der Waals surface area contributed by atoms with Gasteiger partial charge in [0.15, 0.2) is 5.69 Å². The van der Waals surface area contributed by atoms with Gasteiger partial charge in [-0.05, 0) is 34.8 Å². The van der Waals surface area contributed by atoms with Gasteiger partial charge in [0.2, 0.25) is 0 Å². The van der Waals surface area contributed by atoms with Gasteiger partial charge >= 0.3 is 5.97 Å². The topological polar surface area (TPSA) is 101 Å². The molecule has 9 heteroatoms. The predicted octanol–water partition coefficient (Wildman–Crippen LogP) is 1.61. The maximum absolute atomic E-state index is 12.5. The van der Waals surface area contributed by atoms with Crippen LogP contribution in [0.25, 0.3) is 0 Å². The SMILES string of the molecule is O=C(O)c1cn(C2CCN(C(=O)c3ccncc3Br)CC2)nn1. The summed E-state index contributed by atoms with van der Waals surface area (Å²) in [6, 6.07) is 1.75. The van der Waals surface area contributed by atoms with Crippen LogP contribution in [-0.2, 0) is 0 Å². The van der Waals surface area contributed by atoms with Crippen molar-refractivity contribution in [3.8, 4) is 0 Å². The highest BCUT2D eigenvalue weighted by molar-refractivity contribution is 9.10. The monoisotopic (exact) mass is 379 g/mol. The number of amides is 1. The fourth-order valence-corrected chi connectivity index (χ4v) is 3.03. The molecule has 1 saturated heterocycles. The summed E-state index contributed by atoms with van der Waals surface area (Å²) in [6.07, 6.45) is 6.04. The van der Waals surface area contributed by atoms with Crippen LogP contribution in [0.4, 0.5) is 0 Å². The van der Waals surface area contributed by atoms with E-state index in [4.69, 9.17) is 5.11 Å². The van der Waals surface area contributed by atoms with Crippen LogP contribution < -0.4 is 0 Å². The van der Waals surface area contributed by atoms with Crippen LogP contribution in [0.2, 0.25) is 0 Å². The van der Waals surface area contributed by atoms with Gasteiger partial charge in [-0.25, -0.2) is 9.48 Å². The summed E-state index contributed by atoms with van der Waals surface area (Å²) in [7, 11) is 0. The van der Waals surface area contributed by atoms with Gasteiger partial charge in [0.25, 0.3) is 5.91 Å². The Labute approximate surface area is 140 Å². The second-order valence-corrected chi connectivity index (χ2v) is 6.12. The fraction of sp³-hybridized carbons (Fsp3) is 0.357. The fourth-order valence-electron chi connectivity index (χ4n) is 2.61. The smallest absolute Gasteiger partial charge is 0.358 e. The number of hydrogen-bond acceptors (Lipinski definition) is 5. The number of likely N-dealkylation sites (tertiary alicyclic amines) is 1. The number of aromatic nitrogens is 4. The molecule has 0 aromatic carbocycles. The number of pyridine rings is 1. The van der Waals surface area contributed by atoms with Crippen LogP contribution in [0.5, 0.6) is 0 Å². The lowest BCUT2D eigenvalue weighted by molar-refractivity contribution is 0.0683. The van der Waals surface area contributed by atoms with E-state index in [9.17, 15) is 9.59 Å². The molecular weight excluding hydrogens is 366 g/mol. The lowest BCUT2D eigenvalue weighted by Crippen LogP contribution is -2.39. The second-order valence-electron chi connectivity index (χ2n) is 5.27. The van der Waals surface area contributed by atoms with E-state index >= 15 is 0 Å². The molecule has 0 atom stereocenters. The van der Waals surface area contributed by atoms with Gasteiger partial charge in [0.05, 0.1) is 17.8 Å². The summed E-state index contributed by atoms with van der Waals surface area (Å²) >= 11 is 3.34. The summed E-state index contributed by atoms with van der Waals surface area (Å²) in [4.78, 5) is 29.1. The third kappa shape index (κ3) is 3.24. The summed E-state index contributed by atoms with van der Waals surface area (Å²) < 4.78 is 2.25. The van der Waals surface area contributed by atoms with Crippen molar-refractivity contribution < 1.29 is 14.7 Å². The van der Waals surface area contributed by atoms with Crippen LogP contribution in [0.15, 0.2) is 29.1 Å². The number of aromatic carboxylic acids is 1. The number of carboxylic acid groups (broad SMARTS) is 1. The number of carbonyl (C=O) groups is 2. The molecule has 2 aromatic heterocycles. The minimum absolute atomic E-state index is 0.0393. The molecule has 1 fully saturated rings. The van der Waals surface area contributed by atoms with Gasteiger partial charge < -0.3 is 10.0 Å². The van der Waals surface area contributed by atoms with E-state index in [1.54, 1.807) is 28.0 Å². The first kappa shape index (κ1) is 15.6. The molecule has 1 N–H and O–H groups in total. The zero-order valence-electron chi connectivity index (χ0n) is 12.1. The molecule has 3 heterocycles. The first-order valence-electron chi connectivity index (χ1n) is 7.10. The van der Waals surface area contributed by atoms with Gasteiger partial charge in [-0.2, -0.15) is 0 Å². The average molecular weight is 380 g/mol. The van der Waals surface area contributed by atoms with Crippen molar-refractivity contribution >= 4 is 27.8 Å². The molecule has 120 valence electrons. The van der Waals surface area contributed by atoms with E-state index in [1.807, 2.05) is 0 Å². The molecule has 0 aliphatic carbocycles. The van der Waals surface area contributed by atoms with Crippen molar-refractivity contribution in [3.05, 3.63) is 40.4 Å². The Morgan fingerprint density at radius 3 is 2.65 bits per heavy atom. The van der Waals surface area contributed by atoms with Crippen LogP contribution in [0.3, 0.4) is 0 Å². The zero-order chi connectivity index (χ0) is 16.4. The summed E-state index contributed by atoms with van der Waals surface area (Å²) in [5.74, 6) is -1.13. The largest absolute Gasteiger partial charge is 0.476 e. The van der Waals surface area contributed by atoms with Crippen LogP contribution in [0, 0.1) is 0 Å². The molecule has 0 unspecified atom stereocenters. The van der Waals surface area contributed by atoms with Gasteiger partial charge in [-0.1, -0.05) is 5.21 Å². The van der Waals surface area contributed by atoms with Crippen LogP contribution >= 0.6 is 15.9 Å². The van der Waals surface area contributed by atoms with Gasteiger partial charge in [-0.3, -0.25) is 9.78 Å². The third-order valence-corrected chi connectivity index (χ3v) is 4.49. The van der Waals surface area contributed by atoms with Crippen molar-refractivity contribution in [2.45, 2.75) is 18.9 Å². The van der Waals surface area contributed by atoms with E-state index in [1.165, 1.54) is 6.20 Å². The highest BCUT2D eigenvalue weighted by Gasteiger charge is 2.26. The zero-order valence-corrected chi connectivity index (χ0v) is 13.7. The van der Waals surface area contributed by atoms with Gasteiger partial charge in [0, 0.05) is 30.0 Å². The molecule has 1 amide bonds. The summed E-state index contributed by atoms with van der Waals surface area (Å²) in [5.41, 5.74) is 0.525. The Balaban J connectivity index is 1.65. The first-order valence-corrected chi connectivity index (χ1v) is 7.89. The van der Waals surface area contributed by atoms with E-state index in [0.29, 0.717) is 36.0 Å². The van der Waals surface area contributed by atoms with E-state index in [0.717, 1.165) is 0 Å². The molecule has 0 saturated carbocycles. The normalized spacial score (nSPS) is 15.6. The molecular formula is C14H14BrN5O3. The van der Waals surface area contributed by atoms with Crippen molar-refractivity contribution in [1.29, 1.82) is 0 Å². The molecule has 1 aliphatic heterocycles. The average Bonchev–Trinajstić information content (AvgIpc) is 3.05. The van der Waals surface area contributed by atoms with Gasteiger partial charge in [0.1, 0.15) is 0 Å². The predicted molar refractivity (Wildman–Crippen MR) is 83.1 cm³/mol. The number of carboxylic acids is 1. The molecule has 23 heavy (non-hydrogen) atoms. The Kier molecular flexibility index (Phi) is 4.37. The Hall–Kier alpha value is -2.29. The van der Waals surface area contributed by atoms with E-state index < -0.39 is 5.97 Å². The molecule has 1 aliphatic rings. The highest BCUT2D eigenvalue weighted by atomic mass is 79.9. The highest BCUT2D eigenvalue weighted by Crippen LogP contribution is 2.24. The van der Waals surface area contributed by atoms with Crippen molar-refractivity contribution in [3.63, 3.8) is 0 Å². The Morgan fingerprint density at radius 1 is 1.30 bits per heavy atom. The summed E-state index contributed by atoms with van der Waals surface area (Å²) in [5, 5.41) is 16.4. The minimum Gasteiger partial charge on any atom is -0.476 e. The third-order valence-electron chi connectivity index (χ3n) is 3.86. The molecule has 0 bridgehead atoms. The first-order chi connectivity index (χ1) is 11.1. The molecule has 0 radical (unpaired) electrons. The number of rotatable bonds is 3. The number of halogens is 1. The second kappa shape index (κ2) is 6.45. The van der Waals surface area contributed by atoms with Crippen molar-refractivity contribution in [2.24, 2.45) is 0 Å². The number of piperidine rings is 1. The molecule has 0 spiro atoms. The number of nitrogens with zero attached hydrogens (tertiary/aromatic N) is 5. The van der Waals surface area contributed by atoms with Crippen molar-refractivity contribution in [2.75, 3.05) is 13.1 Å². The molecule has 3 rings (SSSR count). The maximum atomic E-state index is 12.5. The number of hydrogen-bond donors (Lipinski definition) is 1. The van der Waals surface area contributed by atoms with E-state index in [2.05, 4.69) is 31.2 Å². The Bertz CT molecular complexity index is 740. The lowest BCUT2D eigenvalue weighted by Gasteiger charge is -2.32. The van der Waals surface area contributed by atoms with Crippen molar-refractivity contribution in [1.82, 2.24) is 24.9 Å². The quantitative estimate of drug-likeness (QED) is 0.868. The number of carbonyl (C=O) groups excluding carboxylic acids is 1. The van der Waals surface area contributed by atoms with Crippen LogP contribution in [-0.4, -0.2) is 55.0 Å².